The van der Waals surface area contributed by atoms with Gasteiger partial charge in [-0.2, -0.15) is 0 Å². The minimum atomic E-state index is -1.77. The summed E-state index contributed by atoms with van der Waals surface area (Å²) in [7, 11) is -3.39. The van der Waals surface area contributed by atoms with E-state index in [1.165, 1.54) is 0 Å². The van der Waals surface area contributed by atoms with E-state index in [2.05, 4.69) is 106 Å². The van der Waals surface area contributed by atoms with Crippen LogP contribution < -0.4 is 0 Å². The Morgan fingerprint density at radius 1 is 0.880 bits per heavy atom. The molecule has 0 N–H and O–H groups in total. The van der Waals surface area contributed by atoms with Gasteiger partial charge >= 0.3 is 0 Å². The Balaban J connectivity index is 4.57. The van der Waals surface area contributed by atoms with E-state index in [4.69, 9.17) is 8.85 Å². The summed E-state index contributed by atoms with van der Waals surface area (Å²) in [5.41, 5.74) is 0. The lowest BCUT2D eigenvalue weighted by atomic mass is 10.1. The second-order valence-corrected chi connectivity index (χ2v) is 22.3. The summed E-state index contributed by atoms with van der Waals surface area (Å²) in [6.07, 6.45) is 5.56. The molecule has 0 fully saturated rings. The minimum Gasteiger partial charge on any atom is -0.417 e. The highest BCUT2D eigenvalue weighted by Gasteiger charge is 2.39. The van der Waals surface area contributed by atoms with Crippen LogP contribution in [-0.2, 0) is 8.85 Å². The van der Waals surface area contributed by atoms with Crippen LogP contribution in [-0.4, -0.2) is 29.3 Å². The normalized spacial score (nSPS) is 15.2. The molecular weight excluding hydrogens is 476 g/mol. The summed E-state index contributed by atoms with van der Waals surface area (Å²) < 4.78 is 13.8. The van der Waals surface area contributed by atoms with Crippen molar-refractivity contribution in [3.63, 3.8) is 0 Å². The Hall–Kier alpha value is 1.05. The van der Waals surface area contributed by atoms with Crippen LogP contribution in [0.15, 0.2) is 9.47 Å². The first kappa shape index (κ1) is 26.1. The SMILES string of the molecule is CC(C)(C)[Si](C)(C)OCCCC[C@@H](C=C(Br)Br)O[Si](C)(C)C(C)(C)C. The fraction of sp³-hybridized carbons (Fsp3) is 0.895. The molecular formula is C19H40Br2O2Si2. The number of hydrogen-bond donors (Lipinski definition) is 0. The van der Waals surface area contributed by atoms with Gasteiger partial charge in [0.15, 0.2) is 16.6 Å². The van der Waals surface area contributed by atoms with E-state index in [1.54, 1.807) is 0 Å². The molecule has 0 bridgehead atoms. The Morgan fingerprint density at radius 2 is 1.36 bits per heavy atom. The second-order valence-electron chi connectivity index (χ2n) is 9.98. The Bertz CT molecular complexity index is 432. The van der Waals surface area contributed by atoms with Crippen LogP contribution in [0.3, 0.4) is 0 Å². The third-order valence-electron chi connectivity index (χ3n) is 5.72. The third kappa shape index (κ3) is 9.70. The van der Waals surface area contributed by atoms with Crippen molar-refractivity contribution in [3.05, 3.63) is 9.47 Å². The van der Waals surface area contributed by atoms with E-state index in [0.29, 0.717) is 0 Å². The predicted octanol–water partition coefficient (Wildman–Crippen LogP) is 8.20. The topological polar surface area (TPSA) is 18.5 Å². The van der Waals surface area contributed by atoms with Gasteiger partial charge in [0.05, 0.1) is 9.50 Å². The lowest BCUT2D eigenvalue weighted by Gasteiger charge is -2.39. The van der Waals surface area contributed by atoms with Gasteiger partial charge in [-0.3, -0.25) is 0 Å². The molecule has 0 amide bonds. The average molecular weight is 517 g/mol. The maximum atomic E-state index is 6.59. The molecule has 0 spiro atoms. The van der Waals surface area contributed by atoms with Crippen molar-refractivity contribution in [1.82, 2.24) is 0 Å². The van der Waals surface area contributed by atoms with Gasteiger partial charge in [0.2, 0.25) is 0 Å². The van der Waals surface area contributed by atoms with Gasteiger partial charge in [0.1, 0.15) is 0 Å². The summed E-state index contributed by atoms with van der Waals surface area (Å²) in [5.74, 6) is 0. The second kappa shape index (κ2) is 10.0. The van der Waals surface area contributed by atoms with Crippen LogP contribution in [0.5, 0.6) is 0 Å². The van der Waals surface area contributed by atoms with Gasteiger partial charge in [-0.15, -0.1) is 0 Å². The summed E-state index contributed by atoms with van der Waals surface area (Å²) in [6, 6.07) is 0. The maximum Gasteiger partial charge on any atom is 0.192 e. The van der Waals surface area contributed by atoms with Crippen molar-refractivity contribution in [2.75, 3.05) is 6.61 Å². The molecule has 6 heteroatoms. The van der Waals surface area contributed by atoms with Crippen molar-refractivity contribution >= 4 is 48.5 Å². The molecule has 0 saturated heterocycles. The van der Waals surface area contributed by atoms with Crippen molar-refractivity contribution in [2.24, 2.45) is 0 Å². The fourth-order valence-electron chi connectivity index (χ4n) is 1.86. The van der Waals surface area contributed by atoms with E-state index in [9.17, 15) is 0 Å². The highest BCUT2D eigenvalue weighted by Crippen LogP contribution is 2.39. The molecule has 1 atom stereocenters. The van der Waals surface area contributed by atoms with E-state index >= 15 is 0 Å². The van der Waals surface area contributed by atoms with Crippen molar-refractivity contribution in [3.8, 4) is 0 Å². The molecule has 0 aromatic heterocycles. The number of halogens is 2. The van der Waals surface area contributed by atoms with E-state index < -0.39 is 16.6 Å². The van der Waals surface area contributed by atoms with Crippen LogP contribution in [0, 0.1) is 0 Å². The van der Waals surface area contributed by atoms with Gasteiger partial charge in [-0.05, 0) is 93.5 Å². The smallest absolute Gasteiger partial charge is 0.192 e. The lowest BCUT2D eigenvalue weighted by molar-refractivity contribution is 0.204. The van der Waals surface area contributed by atoms with Gasteiger partial charge in [-0.25, -0.2) is 0 Å². The highest BCUT2D eigenvalue weighted by molar-refractivity contribution is 9.28. The monoisotopic (exact) mass is 514 g/mol. The summed E-state index contributed by atoms with van der Waals surface area (Å²) in [5, 5.41) is 0.508. The molecule has 0 aromatic carbocycles. The molecule has 2 nitrogen and oxygen atoms in total. The minimum absolute atomic E-state index is 0.155. The number of rotatable bonds is 9. The van der Waals surface area contributed by atoms with Gasteiger partial charge in [0.25, 0.3) is 0 Å². The highest BCUT2D eigenvalue weighted by atomic mass is 79.9. The molecule has 0 aromatic rings. The van der Waals surface area contributed by atoms with Crippen molar-refractivity contribution in [1.29, 1.82) is 0 Å². The Kier molecular flexibility index (Phi) is 10.4. The Labute approximate surface area is 176 Å². The summed E-state index contributed by atoms with van der Waals surface area (Å²) in [6.45, 7) is 23.9. The number of hydrogen-bond acceptors (Lipinski definition) is 2. The van der Waals surface area contributed by atoms with Crippen molar-refractivity contribution in [2.45, 2.75) is 103 Å². The van der Waals surface area contributed by atoms with Crippen LogP contribution in [0.2, 0.25) is 36.3 Å². The Morgan fingerprint density at radius 3 is 1.76 bits per heavy atom. The molecule has 150 valence electrons. The van der Waals surface area contributed by atoms with Gasteiger partial charge in [-0.1, -0.05) is 41.5 Å². The standard InChI is InChI=1S/C19H40Br2O2Si2/c1-18(2,3)24(7,8)22-14-12-11-13-16(15-17(20)21)23-25(9,10)19(4,5)6/h15-16H,11-14H2,1-10H3/t16-/m0/s1. The quantitative estimate of drug-likeness (QED) is 0.227. The van der Waals surface area contributed by atoms with Crippen LogP contribution in [0.1, 0.15) is 60.8 Å². The molecule has 0 aliphatic carbocycles. The summed E-state index contributed by atoms with van der Waals surface area (Å²) >= 11 is 7.00. The van der Waals surface area contributed by atoms with Crippen LogP contribution in [0.25, 0.3) is 0 Å². The van der Waals surface area contributed by atoms with Gasteiger partial charge in [0, 0.05) is 6.61 Å². The first-order valence-electron chi connectivity index (χ1n) is 9.34. The first-order chi connectivity index (χ1) is 11.0. The number of unbranched alkanes of at least 4 members (excludes halogenated alkanes) is 1. The molecule has 0 aliphatic rings. The average Bonchev–Trinajstić information content (AvgIpc) is 2.33. The lowest BCUT2D eigenvalue weighted by Crippen LogP contribution is -2.43. The zero-order chi connectivity index (χ0) is 20.1. The van der Waals surface area contributed by atoms with Gasteiger partial charge < -0.3 is 8.85 Å². The largest absolute Gasteiger partial charge is 0.417 e. The molecule has 0 unspecified atom stereocenters. The van der Waals surface area contributed by atoms with Crippen LogP contribution in [0.4, 0.5) is 0 Å². The molecule has 0 saturated carbocycles. The fourth-order valence-corrected chi connectivity index (χ4v) is 4.84. The zero-order valence-corrected chi connectivity index (χ0v) is 23.2. The molecule has 0 rings (SSSR count). The van der Waals surface area contributed by atoms with E-state index in [1.807, 2.05) is 0 Å². The molecule has 25 heavy (non-hydrogen) atoms. The molecule has 0 aliphatic heterocycles. The van der Waals surface area contributed by atoms with Crippen LogP contribution >= 0.6 is 31.9 Å². The zero-order valence-electron chi connectivity index (χ0n) is 18.1. The molecule has 0 radical (unpaired) electrons. The predicted molar refractivity (Wildman–Crippen MR) is 125 cm³/mol. The van der Waals surface area contributed by atoms with Crippen molar-refractivity contribution < 1.29 is 8.85 Å². The van der Waals surface area contributed by atoms with E-state index in [-0.39, 0.29) is 16.2 Å². The molecule has 0 heterocycles. The third-order valence-corrected chi connectivity index (χ3v) is 15.3. The van der Waals surface area contributed by atoms with E-state index in [0.717, 1.165) is 29.3 Å². The summed E-state index contributed by atoms with van der Waals surface area (Å²) in [4.78, 5) is 0. The first-order valence-corrected chi connectivity index (χ1v) is 16.7. The maximum absolute atomic E-state index is 6.59.